The van der Waals surface area contributed by atoms with E-state index < -0.39 is 6.04 Å². The minimum Gasteiger partial charge on any atom is -0.489 e. The van der Waals surface area contributed by atoms with Crippen LogP contribution in [0, 0.1) is 19.8 Å². The quantitative estimate of drug-likeness (QED) is 0.148. The van der Waals surface area contributed by atoms with Crippen LogP contribution in [-0.2, 0) is 35.6 Å². The topological polar surface area (TPSA) is 102 Å². The van der Waals surface area contributed by atoms with Crippen LogP contribution in [0.3, 0.4) is 0 Å². The summed E-state index contributed by atoms with van der Waals surface area (Å²) in [5, 5.41) is 7.45. The van der Waals surface area contributed by atoms with E-state index in [0.717, 1.165) is 52.0 Å². The van der Waals surface area contributed by atoms with Gasteiger partial charge in [-0.1, -0.05) is 65.7 Å². The highest BCUT2D eigenvalue weighted by Gasteiger charge is 2.39. The van der Waals surface area contributed by atoms with Crippen LogP contribution in [0.5, 0.6) is 17.2 Å². The summed E-state index contributed by atoms with van der Waals surface area (Å²) in [5.74, 6) is 1.68. The number of rotatable bonds is 10. The molecule has 1 aromatic heterocycles. The lowest BCUT2D eigenvalue weighted by Crippen LogP contribution is -2.54. The molecule has 0 spiro atoms. The number of carbonyl (C=O) groups excluding carboxylic acids is 2. The fourth-order valence-electron chi connectivity index (χ4n) is 7.71. The van der Waals surface area contributed by atoms with Crippen molar-refractivity contribution in [1.82, 2.24) is 20.5 Å². The maximum absolute atomic E-state index is 13.9. The number of nitrogens with one attached hydrogen (secondary N) is 2. The SMILES string of the molecule is Cc1nccc(-c2ccc(CCNC(=O)C3Cc4cc5c(cc4CN3C(=O)C3CCNC3)OC(c3ccc(OCc4ccc(Cl)c(Cl)c4)cc3)CO5)cc2)c1C. The molecule has 0 radical (unpaired) electrons. The molecule has 3 aliphatic heterocycles. The van der Waals surface area contributed by atoms with E-state index in [0.29, 0.717) is 73.0 Å². The molecule has 3 atom stereocenters. The number of amides is 2. The van der Waals surface area contributed by atoms with Crippen molar-refractivity contribution in [3.63, 3.8) is 0 Å². The molecule has 0 aliphatic carbocycles. The zero-order valence-electron chi connectivity index (χ0n) is 31.4. The molecule has 3 aliphatic rings. The van der Waals surface area contributed by atoms with Crippen LogP contribution in [0.2, 0.25) is 10.0 Å². The fraction of sp³-hybridized carbons (Fsp3) is 0.311. The van der Waals surface area contributed by atoms with Crippen molar-refractivity contribution in [2.24, 2.45) is 5.92 Å². The van der Waals surface area contributed by atoms with Crippen LogP contribution in [-0.4, -0.2) is 54.0 Å². The molecule has 8 rings (SSSR count). The summed E-state index contributed by atoms with van der Waals surface area (Å²) in [5.41, 5.74) is 9.45. The van der Waals surface area contributed by atoms with Gasteiger partial charge in [-0.15, -0.1) is 0 Å². The summed E-state index contributed by atoms with van der Waals surface area (Å²) >= 11 is 12.2. The van der Waals surface area contributed by atoms with Gasteiger partial charge in [0.1, 0.15) is 25.0 Å². The molecule has 288 valence electrons. The van der Waals surface area contributed by atoms with Gasteiger partial charge in [-0.2, -0.15) is 0 Å². The van der Waals surface area contributed by atoms with Crippen molar-refractivity contribution in [3.8, 4) is 28.4 Å². The first-order valence-corrected chi connectivity index (χ1v) is 19.9. The second-order valence-electron chi connectivity index (χ2n) is 14.8. The number of pyridine rings is 1. The number of hydrogen-bond acceptors (Lipinski definition) is 7. The lowest BCUT2D eigenvalue weighted by Gasteiger charge is -2.38. The molecular weight excluding hydrogens is 747 g/mol. The summed E-state index contributed by atoms with van der Waals surface area (Å²) in [6.45, 7) is 7.01. The van der Waals surface area contributed by atoms with Crippen molar-refractivity contribution in [1.29, 1.82) is 0 Å². The molecule has 9 nitrogen and oxygen atoms in total. The van der Waals surface area contributed by atoms with Crippen LogP contribution >= 0.6 is 23.2 Å². The average Bonchev–Trinajstić information content (AvgIpc) is 3.77. The Bertz CT molecular complexity index is 2240. The number of aromatic nitrogens is 1. The highest BCUT2D eigenvalue weighted by atomic mass is 35.5. The molecule has 4 heterocycles. The summed E-state index contributed by atoms with van der Waals surface area (Å²) in [6, 6.07) is 27.0. The number of halogens is 2. The van der Waals surface area contributed by atoms with Crippen LogP contribution in [0.1, 0.15) is 51.6 Å². The highest BCUT2D eigenvalue weighted by Crippen LogP contribution is 2.41. The second kappa shape index (κ2) is 16.6. The minimum atomic E-state index is -0.622. The number of fused-ring (bicyclic) bond motifs is 2. The number of benzene rings is 4. The first-order valence-electron chi connectivity index (χ1n) is 19.1. The Morgan fingerprint density at radius 2 is 1.71 bits per heavy atom. The predicted octanol–water partition coefficient (Wildman–Crippen LogP) is 7.99. The van der Waals surface area contributed by atoms with Gasteiger partial charge in [0.25, 0.3) is 0 Å². The Morgan fingerprint density at radius 1 is 0.929 bits per heavy atom. The summed E-state index contributed by atoms with van der Waals surface area (Å²) < 4.78 is 18.7. The van der Waals surface area contributed by atoms with Gasteiger partial charge in [0, 0.05) is 37.9 Å². The molecule has 5 aromatic rings. The third-order valence-corrected chi connectivity index (χ3v) is 11.9. The van der Waals surface area contributed by atoms with Gasteiger partial charge in [-0.3, -0.25) is 14.6 Å². The Kier molecular flexibility index (Phi) is 11.2. The smallest absolute Gasteiger partial charge is 0.243 e. The molecule has 1 fully saturated rings. The van der Waals surface area contributed by atoms with Crippen molar-refractivity contribution in [2.75, 3.05) is 26.2 Å². The van der Waals surface area contributed by atoms with Gasteiger partial charge in [-0.25, -0.2) is 0 Å². The van der Waals surface area contributed by atoms with Crippen LogP contribution in [0.25, 0.3) is 11.1 Å². The molecular formula is C45H44Cl2N4O5. The first kappa shape index (κ1) is 37.8. The lowest BCUT2D eigenvalue weighted by molar-refractivity contribution is -0.144. The largest absolute Gasteiger partial charge is 0.489 e. The van der Waals surface area contributed by atoms with Gasteiger partial charge in [-0.05, 0) is 120 Å². The maximum Gasteiger partial charge on any atom is 0.243 e. The third kappa shape index (κ3) is 8.21. The van der Waals surface area contributed by atoms with Crippen molar-refractivity contribution < 1.29 is 23.8 Å². The van der Waals surface area contributed by atoms with Gasteiger partial charge < -0.3 is 29.7 Å². The number of hydrogen-bond donors (Lipinski definition) is 2. The van der Waals surface area contributed by atoms with Gasteiger partial charge >= 0.3 is 0 Å². The molecule has 3 unspecified atom stereocenters. The van der Waals surface area contributed by atoms with E-state index in [9.17, 15) is 9.59 Å². The summed E-state index contributed by atoms with van der Waals surface area (Å²) in [6.07, 6.45) is 3.35. The fourth-order valence-corrected chi connectivity index (χ4v) is 8.03. The Balaban J connectivity index is 0.923. The van der Waals surface area contributed by atoms with Crippen molar-refractivity contribution in [2.45, 2.75) is 58.4 Å². The first-order chi connectivity index (χ1) is 27.2. The van der Waals surface area contributed by atoms with Crippen molar-refractivity contribution in [3.05, 3.63) is 140 Å². The normalized spacial score (nSPS) is 18.6. The average molecular weight is 792 g/mol. The maximum atomic E-state index is 13.9. The highest BCUT2D eigenvalue weighted by molar-refractivity contribution is 6.42. The molecule has 2 amide bonds. The minimum absolute atomic E-state index is 0.00673. The standard InChI is InChI=1S/C45H44Cl2N4O5/c1-27-28(2)49-18-15-37(27)31-6-3-29(4-7-31)13-17-50-44(52)40-20-34-21-41-42(22-35(34)24-51(40)45(53)33-14-16-48-23-33)56-43(26-55-41)32-8-10-36(11-9-32)54-25-30-5-12-38(46)39(47)19-30/h3-12,15,18-19,21-22,33,40,43,48H,13-14,16-17,20,23-26H2,1-2H3,(H,50,52). The van der Waals surface area contributed by atoms with E-state index in [1.165, 1.54) is 11.1 Å². The van der Waals surface area contributed by atoms with Gasteiger partial charge in [0.2, 0.25) is 11.8 Å². The number of ether oxygens (including phenoxy) is 3. The van der Waals surface area contributed by atoms with Crippen molar-refractivity contribution >= 4 is 35.0 Å². The zero-order chi connectivity index (χ0) is 38.8. The monoisotopic (exact) mass is 790 g/mol. The van der Waals surface area contributed by atoms with E-state index in [-0.39, 0.29) is 23.8 Å². The molecule has 0 saturated carbocycles. The van der Waals surface area contributed by atoms with E-state index >= 15 is 0 Å². The Morgan fingerprint density at radius 3 is 2.48 bits per heavy atom. The predicted molar refractivity (Wildman–Crippen MR) is 217 cm³/mol. The van der Waals surface area contributed by atoms with E-state index in [2.05, 4.69) is 46.8 Å². The second-order valence-corrected chi connectivity index (χ2v) is 15.6. The van der Waals surface area contributed by atoms with Crippen LogP contribution in [0.15, 0.2) is 91.1 Å². The number of carbonyl (C=O) groups is 2. The van der Waals surface area contributed by atoms with Gasteiger partial charge in [0.15, 0.2) is 17.6 Å². The summed E-state index contributed by atoms with van der Waals surface area (Å²) in [4.78, 5) is 34.0. The van der Waals surface area contributed by atoms with Crippen LogP contribution in [0.4, 0.5) is 0 Å². The number of aryl methyl sites for hydroxylation is 1. The molecule has 4 aromatic carbocycles. The Labute approximate surface area is 337 Å². The summed E-state index contributed by atoms with van der Waals surface area (Å²) in [7, 11) is 0. The molecule has 0 bridgehead atoms. The van der Waals surface area contributed by atoms with Crippen LogP contribution < -0.4 is 24.8 Å². The molecule has 11 heteroatoms. The molecule has 56 heavy (non-hydrogen) atoms. The third-order valence-electron chi connectivity index (χ3n) is 11.1. The van der Waals surface area contributed by atoms with E-state index in [1.54, 1.807) is 17.0 Å². The Hall–Kier alpha value is -5.09. The van der Waals surface area contributed by atoms with E-state index in [4.69, 9.17) is 37.4 Å². The lowest BCUT2D eigenvalue weighted by atomic mass is 9.91. The molecule has 2 N–H and O–H groups in total. The molecule has 1 saturated heterocycles. The van der Waals surface area contributed by atoms with E-state index in [1.807, 2.05) is 61.7 Å². The van der Waals surface area contributed by atoms with Gasteiger partial charge in [0.05, 0.1) is 16.0 Å². The zero-order valence-corrected chi connectivity index (χ0v) is 33.0. The number of nitrogens with zero attached hydrogens (tertiary/aromatic N) is 2.